The van der Waals surface area contributed by atoms with E-state index in [0.29, 0.717) is 5.56 Å². The Morgan fingerprint density at radius 2 is 2.23 bits per heavy atom. The van der Waals surface area contributed by atoms with Crippen molar-refractivity contribution in [2.45, 2.75) is 0 Å². The Bertz CT molecular complexity index is 405. The summed E-state index contributed by atoms with van der Waals surface area (Å²) in [5.41, 5.74) is 2.44. The summed E-state index contributed by atoms with van der Waals surface area (Å²) in [7, 11) is 1.60. The molecular weight excluding hydrogens is 166 g/mol. The van der Waals surface area contributed by atoms with Crippen LogP contribution < -0.4 is 5.32 Å². The maximum atomic E-state index is 11.4. The number of hydrogen-bond donors (Lipinski definition) is 1. The van der Waals surface area contributed by atoms with Crippen LogP contribution in [0.25, 0.3) is 11.1 Å². The van der Waals surface area contributed by atoms with Crippen molar-refractivity contribution in [3.8, 4) is 11.1 Å². The van der Waals surface area contributed by atoms with E-state index in [1.807, 2.05) is 18.2 Å². The maximum Gasteiger partial charge on any atom is 0.254 e. The highest BCUT2D eigenvalue weighted by molar-refractivity contribution is 6.00. The van der Waals surface area contributed by atoms with Crippen molar-refractivity contribution in [3.63, 3.8) is 0 Å². The lowest BCUT2D eigenvalue weighted by Crippen LogP contribution is -2.18. The number of amides is 1. The van der Waals surface area contributed by atoms with Gasteiger partial charge in [-0.2, -0.15) is 0 Å². The standard InChI is InChI=1S/C10H9NO2/c1-11-10(12)9-6-13-5-7-3-2-4-8(7)9/h2-6H,1H3,(H,11,12). The molecule has 0 atom stereocenters. The molecular formula is C10H9NO2. The molecule has 1 amide bonds. The number of carbonyl (C=O) groups excluding carboxylic acids is 1. The van der Waals surface area contributed by atoms with Crippen molar-refractivity contribution in [2.75, 3.05) is 7.05 Å². The van der Waals surface area contributed by atoms with E-state index in [9.17, 15) is 4.79 Å². The Labute approximate surface area is 75.7 Å². The van der Waals surface area contributed by atoms with Gasteiger partial charge in [0, 0.05) is 18.2 Å². The zero-order valence-corrected chi connectivity index (χ0v) is 7.20. The molecule has 3 heteroatoms. The van der Waals surface area contributed by atoms with Gasteiger partial charge in [0.15, 0.2) is 0 Å². The minimum Gasteiger partial charge on any atom is -0.471 e. The highest BCUT2D eigenvalue weighted by atomic mass is 16.3. The fourth-order valence-corrected chi connectivity index (χ4v) is 1.33. The van der Waals surface area contributed by atoms with E-state index in [1.165, 1.54) is 6.26 Å². The van der Waals surface area contributed by atoms with Gasteiger partial charge in [-0.25, -0.2) is 0 Å². The minimum absolute atomic E-state index is 0.124. The first-order valence-electron chi connectivity index (χ1n) is 4.00. The normalized spacial score (nSPS) is 10.2. The highest BCUT2D eigenvalue weighted by Gasteiger charge is 2.13. The molecule has 0 spiro atoms. The first kappa shape index (κ1) is 7.86. The first-order valence-corrected chi connectivity index (χ1v) is 4.00. The van der Waals surface area contributed by atoms with Gasteiger partial charge in [0.2, 0.25) is 0 Å². The zero-order valence-electron chi connectivity index (χ0n) is 7.20. The minimum atomic E-state index is -0.124. The van der Waals surface area contributed by atoms with Crippen LogP contribution >= 0.6 is 0 Å². The Kier molecular flexibility index (Phi) is 1.77. The molecule has 1 N–H and O–H groups in total. The van der Waals surface area contributed by atoms with Crippen LogP contribution in [0.3, 0.4) is 0 Å². The summed E-state index contributed by atoms with van der Waals surface area (Å²) in [6.07, 6.45) is 3.09. The summed E-state index contributed by atoms with van der Waals surface area (Å²) >= 11 is 0. The zero-order chi connectivity index (χ0) is 9.26. The van der Waals surface area contributed by atoms with E-state index in [1.54, 1.807) is 13.3 Å². The molecule has 0 saturated heterocycles. The summed E-state index contributed by atoms with van der Waals surface area (Å²) in [5.74, 6) is -0.124. The smallest absolute Gasteiger partial charge is 0.254 e. The molecule has 0 aromatic heterocycles. The quantitative estimate of drug-likeness (QED) is 0.717. The largest absolute Gasteiger partial charge is 0.471 e. The SMILES string of the molecule is CNC(=O)c1cocc2cccc1-2. The van der Waals surface area contributed by atoms with Crippen LogP contribution in [0.2, 0.25) is 0 Å². The van der Waals surface area contributed by atoms with Crippen LogP contribution in [-0.4, -0.2) is 13.0 Å². The molecule has 0 radical (unpaired) electrons. The average Bonchev–Trinajstić information content (AvgIpc) is 2.63. The van der Waals surface area contributed by atoms with E-state index < -0.39 is 0 Å². The predicted octanol–water partition coefficient (Wildman–Crippen LogP) is 1.74. The van der Waals surface area contributed by atoms with E-state index >= 15 is 0 Å². The second kappa shape index (κ2) is 2.94. The van der Waals surface area contributed by atoms with Gasteiger partial charge in [0.25, 0.3) is 5.91 Å². The number of fused-ring (bicyclic) bond motifs is 1. The third-order valence-corrected chi connectivity index (χ3v) is 1.99. The maximum absolute atomic E-state index is 11.4. The lowest BCUT2D eigenvalue weighted by molar-refractivity contribution is 0.0961. The van der Waals surface area contributed by atoms with Crippen LogP contribution in [0.1, 0.15) is 10.4 Å². The molecule has 66 valence electrons. The molecule has 0 aromatic carbocycles. The first-order chi connectivity index (χ1) is 6.33. The van der Waals surface area contributed by atoms with Gasteiger partial charge in [0.05, 0.1) is 11.8 Å². The van der Waals surface area contributed by atoms with Crippen molar-refractivity contribution in [1.82, 2.24) is 5.32 Å². The van der Waals surface area contributed by atoms with Crippen LogP contribution in [-0.2, 0) is 0 Å². The lowest BCUT2D eigenvalue weighted by Gasteiger charge is -2.04. The predicted molar refractivity (Wildman–Crippen MR) is 48.7 cm³/mol. The summed E-state index contributed by atoms with van der Waals surface area (Å²) in [5, 5.41) is 2.56. The molecule has 1 aliphatic carbocycles. The summed E-state index contributed by atoms with van der Waals surface area (Å²) in [6.45, 7) is 0. The molecule has 1 heterocycles. The number of nitrogens with one attached hydrogen (secondary N) is 1. The Morgan fingerprint density at radius 1 is 1.38 bits per heavy atom. The van der Waals surface area contributed by atoms with Gasteiger partial charge in [-0.1, -0.05) is 18.2 Å². The fraction of sp³-hybridized carbons (Fsp3) is 0.100. The summed E-state index contributed by atoms with van der Waals surface area (Å²) < 4.78 is 5.04. The van der Waals surface area contributed by atoms with Crippen molar-refractivity contribution in [2.24, 2.45) is 0 Å². The number of hydrogen-bond acceptors (Lipinski definition) is 2. The Morgan fingerprint density at radius 3 is 3.00 bits per heavy atom. The molecule has 2 aliphatic rings. The molecule has 13 heavy (non-hydrogen) atoms. The van der Waals surface area contributed by atoms with Crippen LogP contribution in [0.15, 0.2) is 35.1 Å². The van der Waals surface area contributed by atoms with Crippen molar-refractivity contribution >= 4 is 5.91 Å². The van der Waals surface area contributed by atoms with Crippen LogP contribution in [0.5, 0.6) is 0 Å². The highest BCUT2D eigenvalue weighted by Crippen LogP contribution is 2.26. The van der Waals surface area contributed by atoms with E-state index in [-0.39, 0.29) is 5.91 Å². The monoisotopic (exact) mass is 175 g/mol. The van der Waals surface area contributed by atoms with Gasteiger partial charge >= 0.3 is 0 Å². The van der Waals surface area contributed by atoms with Crippen LogP contribution in [0, 0.1) is 0 Å². The molecule has 0 fully saturated rings. The number of rotatable bonds is 1. The molecule has 2 rings (SSSR count). The van der Waals surface area contributed by atoms with Gasteiger partial charge in [-0.15, -0.1) is 0 Å². The summed E-state index contributed by atoms with van der Waals surface area (Å²) in [6, 6.07) is 5.70. The van der Waals surface area contributed by atoms with Crippen molar-refractivity contribution in [3.05, 3.63) is 36.3 Å². The second-order valence-corrected chi connectivity index (χ2v) is 2.76. The van der Waals surface area contributed by atoms with Gasteiger partial charge in [-0.3, -0.25) is 4.79 Å². The second-order valence-electron chi connectivity index (χ2n) is 2.76. The molecule has 1 aliphatic heterocycles. The molecule has 0 bridgehead atoms. The topological polar surface area (TPSA) is 42.2 Å². The Balaban J connectivity index is 2.58. The van der Waals surface area contributed by atoms with E-state index in [2.05, 4.69) is 5.32 Å². The van der Waals surface area contributed by atoms with Gasteiger partial charge < -0.3 is 9.73 Å². The van der Waals surface area contributed by atoms with Gasteiger partial charge in [0.1, 0.15) is 6.26 Å². The van der Waals surface area contributed by atoms with Gasteiger partial charge in [-0.05, 0) is 0 Å². The van der Waals surface area contributed by atoms with Crippen LogP contribution in [0.4, 0.5) is 0 Å². The van der Waals surface area contributed by atoms with Crippen molar-refractivity contribution in [1.29, 1.82) is 0 Å². The van der Waals surface area contributed by atoms with E-state index in [4.69, 9.17) is 4.42 Å². The average molecular weight is 175 g/mol. The number of carbonyl (C=O) groups is 1. The van der Waals surface area contributed by atoms with E-state index in [0.717, 1.165) is 11.1 Å². The third kappa shape index (κ3) is 1.18. The lowest BCUT2D eigenvalue weighted by atomic mass is 10.1. The molecule has 0 saturated carbocycles. The fourth-order valence-electron chi connectivity index (χ4n) is 1.33. The molecule has 0 unspecified atom stereocenters. The molecule has 3 nitrogen and oxygen atoms in total. The Hall–Kier alpha value is -1.77. The third-order valence-electron chi connectivity index (χ3n) is 1.99. The molecule has 0 aromatic rings. The van der Waals surface area contributed by atoms with Crippen molar-refractivity contribution < 1.29 is 9.21 Å². The summed E-state index contributed by atoms with van der Waals surface area (Å²) in [4.78, 5) is 11.4.